The summed E-state index contributed by atoms with van der Waals surface area (Å²) in [5.41, 5.74) is 6.45. The summed E-state index contributed by atoms with van der Waals surface area (Å²) in [6.07, 6.45) is 0.912. The fourth-order valence-electron chi connectivity index (χ4n) is 1.19. The number of nitrogens with zero attached hydrogens (tertiary/aromatic N) is 3. The highest BCUT2D eigenvalue weighted by atomic mass is 19.1. The van der Waals surface area contributed by atoms with Gasteiger partial charge in [-0.05, 0) is 6.92 Å². The van der Waals surface area contributed by atoms with Gasteiger partial charge in [0, 0.05) is 11.8 Å². The fraction of sp³-hybridized carbons (Fsp3) is 0.500. The van der Waals surface area contributed by atoms with Crippen molar-refractivity contribution >= 4 is 11.8 Å². The molecular formula is C8H11FN4. The van der Waals surface area contributed by atoms with Crippen LogP contribution in [0.15, 0.2) is 6.20 Å². The van der Waals surface area contributed by atoms with Crippen LogP contribution in [0.4, 0.5) is 16.2 Å². The second kappa shape index (κ2) is 2.83. The molecule has 1 aliphatic heterocycles. The SMILES string of the molecule is Cc1cnc(N2CC(F)C2)nc1N. The molecule has 0 unspecified atom stereocenters. The van der Waals surface area contributed by atoms with Crippen molar-refractivity contribution in [1.29, 1.82) is 0 Å². The van der Waals surface area contributed by atoms with E-state index in [4.69, 9.17) is 5.73 Å². The maximum Gasteiger partial charge on any atom is 0.227 e. The van der Waals surface area contributed by atoms with E-state index in [-0.39, 0.29) is 0 Å². The molecule has 1 aliphatic rings. The van der Waals surface area contributed by atoms with Gasteiger partial charge in [-0.25, -0.2) is 9.37 Å². The molecule has 0 aliphatic carbocycles. The highest BCUT2D eigenvalue weighted by Gasteiger charge is 2.28. The molecule has 4 nitrogen and oxygen atoms in total. The van der Waals surface area contributed by atoms with E-state index in [0.29, 0.717) is 24.9 Å². The Morgan fingerprint density at radius 2 is 2.31 bits per heavy atom. The number of halogens is 1. The average molecular weight is 182 g/mol. The first-order valence-electron chi connectivity index (χ1n) is 4.15. The number of aromatic nitrogens is 2. The van der Waals surface area contributed by atoms with Crippen LogP contribution < -0.4 is 10.6 Å². The van der Waals surface area contributed by atoms with Crippen LogP contribution in [0.3, 0.4) is 0 Å². The average Bonchev–Trinajstić information content (AvgIpc) is 2.05. The quantitative estimate of drug-likeness (QED) is 0.688. The Morgan fingerprint density at radius 1 is 1.62 bits per heavy atom. The summed E-state index contributed by atoms with van der Waals surface area (Å²) < 4.78 is 12.5. The van der Waals surface area contributed by atoms with Crippen molar-refractivity contribution < 1.29 is 4.39 Å². The van der Waals surface area contributed by atoms with Crippen LogP contribution in [0.2, 0.25) is 0 Å². The summed E-state index contributed by atoms with van der Waals surface area (Å²) in [7, 11) is 0. The van der Waals surface area contributed by atoms with Crippen LogP contribution in [-0.4, -0.2) is 29.2 Å². The largest absolute Gasteiger partial charge is 0.383 e. The number of anilines is 2. The zero-order chi connectivity index (χ0) is 9.42. The number of rotatable bonds is 1. The number of nitrogen functional groups attached to an aromatic ring is 1. The lowest BCUT2D eigenvalue weighted by Gasteiger charge is -2.34. The molecule has 0 radical (unpaired) electrons. The van der Waals surface area contributed by atoms with Gasteiger partial charge in [0.1, 0.15) is 12.0 Å². The lowest BCUT2D eigenvalue weighted by atomic mass is 10.2. The van der Waals surface area contributed by atoms with Crippen LogP contribution in [0.25, 0.3) is 0 Å². The molecule has 1 fully saturated rings. The topological polar surface area (TPSA) is 55.0 Å². The van der Waals surface area contributed by atoms with E-state index in [9.17, 15) is 4.39 Å². The molecule has 1 saturated heterocycles. The minimum Gasteiger partial charge on any atom is -0.383 e. The first kappa shape index (κ1) is 8.22. The number of alkyl halides is 1. The molecule has 0 bridgehead atoms. The van der Waals surface area contributed by atoms with Crippen molar-refractivity contribution in [2.24, 2.45) is 0 Å². The normalized spacial score (nSPS) is 17.2. The number of hydrogen-bond acceptors (Lipinski definition) is 4. The van der Waals surface area contributed by atoms with Gasteiger partial charge in [0.2, 0.25) is 5.95 Å². The second-order valence-corrected chi connectivity index (χ2v) is 3.24. The molecule has 0 aromatic carbocycles. The standard InChI is InChI=1S/C8H11FN4/c1-5-2-11-8(12-7(5)10)13-3-6(9)4-13/h2,6H,3-4H2,1H3,(H2,10,11,12). The molecule has 2 N–H and O–H groups in total. The van der Waals surface area contributed by atoms with Crippen LogP contribution in [0.1, 0.15) is 5.56 Å². The number of hydrogen-bond donors (Lipinski definition) is 1. The van der Waals surface area contributed by atoms with Gasteiger partial charge in [-0.15, -0.1) is 0 Å². The van der Waals surface area contributed by atoms with E-state index in [1.165, 1.54) is 0 Å². The molecule has 13 heavy (non-hydrogen) atoms. The molecule has 0 spiro atoms. The van der Waals surface area contributed by atoms with Crippen LogP contribution >= 0.6 is 0 Å². The Kier molecular flexibility index (Phi) is 1.79. The summed E-state index contributed by atoms with van der Waals surface area (Å²) in [5, 5.41) is 0. The van der Waals surface area contributed by atoms with Crippen molar-refractivity contribution in [2.45, 2.75) is 13.1 Å². The van der Waals surface area contributed by atoms with E-state index >= 15 is 0 Å². The minimum atomic E-state index is -0.744. The molecule has 0 saturated carbocycles. The highest BCUT2D eigenvalue weighted by molar-refractivity contribution is 5.45. The van der Waals surface area contributed by atoms with E-state index in [0.717, 1.165) is 5.56 Å². The van der Waals surface area contributed by atoms with Crippen molar-refractivity contribution in [2.75, 3.05) is 23.7 Å². The third-order valence-electron chi connectivity index (χ3n) is 2.12. The van der Waals surface area contributed by atoms with Crippen LogP contribution in [0, 0.1) is 6.92 Å². The maximum atomic E-state index is 12.5. The van der Waals surface area contributed by atoms with Gasteiger partial charge < -0.3 is 10.6 Å². The summed E-state index contributed by atoms with van der Waals surface area (Å²) in [5.74, 6) is 0.990. The Labute approximate surface area is 75.6 Å². The molecule has 0 atom stereocenters. The fourth-order valence-corrected chi connectivity index (χ4v) is 1.19. The van der Waals surface area contributed by atoms with Crippen molar-refractivity contribution in [1.82, 2.24) is 9.97 Å². The number of nitrogens with two attached hydrogens (primary N) is 1. The highest BCUT2D eigenvalue weighted by Crippen LogP contribution is 2.19. The Balaban J connectivity index is 2.18. The third-order valence-corrected chi connectivity index (χ3v) is 2.12. The zero-order valence-electron chi connectivity index (χ0n) is 7.37. The van der Waals surface area contributed by atoms with Crippen LogP contribution in [-0.2, 0) is 0 Å². The van der Waals surface area contributed by atoms with E-state index < -0.39 is 6.17 Å². The molecule has 70 valence electrons. The molecular weight excluding hydrogens is 171 g/mol. The van der Waals surface area contributed by atoms with Gasteiger partial charge in [-0.2, -0.15) is 4.98 Å². The van der Waals surface area contributed by atoms with Crippen molar-refractivity contribution in [3.05, 3.63) is 11.8 Å². The molecule has 0 amide bonds. The first-order valence-corrected chi connectivity index (χ1v) is 4.15. The predicted molar refractivity (Wildman–Crippen MR) is 48.3 cm³/mol. The number of aryl methyl sites for hydroxylation is 1. The molecule has 5 heteroatoms. The molecule has 1 aromatic rings. The van der Waals surface area contributed by atoms with Gasteiger partial charge in [-0.3, -0.25) is 0 Å². The van der Waals surface area contributed by atoms with Gasteiger partial charge in [0.05, 0.1) is 13.1 Å². The molecule has 1 aromatic heterocycles. The minimum absolute atomic E-state index is 0.377. The molecule has 2 rings (SSSR count). The van der Waals surface area contributed by atoms with Crippen molar-refractivity contribution in [3.8, 4) is 0 Å². The zero-order valence-corrected chi connectivity index (χ0v) is 7.37. The van der Waals surface area contributed by atoms with E-state index in [1.807, 2.05) is 6.92 Å². The Bertz CT molecular complexity index is 322. The predicted octanol–water partition coefficient (Wildman–Crippen LogP) is 0.525. The Hall–Kier alpha value is -1.39. The van der Waals surface area contributed by atoms with Crippen molar-refractivity contribution in [3.63, 3.8) is 0 Å². The monoisotopic (exact) mass is 182 g/mol. The first-order chi connectivity index (χ1) is 6.16. The van der Waals surface area contributed by atoms with Gasteiger partial charge in [0.25, 0.3) is 0 Å². The summed E-state index contributed by atoms with van der Waals surface area (Å²) in [4.78, 5) is 9.88. The van der Waals surface area contributed by atoms with E-state index in [2.05, 4.69) is 9.97 Å². The van der Waals surface area contributed by atoms with Gasteiger partial charge in [-0.1, -0.05) is 0 Å². The maximum absolute atomic E-state index is 12.5. The second-order valence-electron chi connectivity index (χ2n) is 3.24. The lowest BCUT2D eigenvalue weighted by molar-refractivity contribution is 0.272. The van der Waals surface area contributed by atoms with Gasteiger partial charge >= 0.3 is 0 Å². The van der Waals surface area contributed by atoms with Crippen LogP contribution in [0.5, 0.6) is 0 Å². The lowest BCUT2D eigenvalue weighted by Crippen LogP contribution is -2.49. The summed E-state index contributed by atoms with van der Waals surface area (Å²) in [6, 6.07) is 0. The van der Waals surface area contributed by atoms with E-state index in [1.54, 1.807) is 11.1 Å². The molecule has 2 heterocycles. The van der Waals surface area contributed by atoms with Gasteiger partial charge in [0.15, 0.2) is 0 Å². The Morgan fingerprint density at radius 3 is 2.85 bits per heavy atom. The summed E-state index contributed by atoms with van der Waals surface area (Å²) in [6.45, 7) is 2.60. The smallest absolute Gasteiger partial charge is 0.227 e. The third kappa shape index (κ3) is 1.41. The summed E-state index contributed by atoms with van der Waals surface area (Å²) >= 11 is 0.